The van der Waals surface area contributed by atoms with Crippen LogP contribution in [-0.2, 0) is 4.79 Å². The molecule has 2 saturated heterocycles. The fourth-order valence-corrected chi connectivity index (χ4v) is 4.73. The van der Waals surface area contributed by atoms with Gasteiger partial charge in [-0.15, -0.1) is 0 Å². The summed E-state index contributed by atoms with van der Waals surface area (Å²) in [6.45, 7) is 3.39. The van der Waals surface area contributed by atoms with Gasteiger partial charge in [0.15, 0.2) is 0 Å². The molecule has 186 valence electrons. The van der Waals surface area contributed by atoms with Crippen LogP contribution in [0.2, 0.25) is 0 Å². The van der Waals surface area contributed by atoms with E-state index in [2.05, 4.69) is 10.6 Å². The highest BCUT2D eigenvalue weighted by atomic mass is 16.2. The molecule has 2 aromatic carbocycles. The summed E-state index contributed by atoms with van der Waals surface area (Å²) in [7, 11) is 0. The third-order valence-electron chi connectivity index (χ3n) is 6.79. The van der Waals surface area contributed by atoms with Gasteiger partial charge in [0.2, 0.25) is 5.91 Å². The van der Waals surface area contributed by atoms with Crippen LogP contribution in [0.25, 0.3) is 0 Å². The van der Waals surface area contributed by atoms with E-state index in [4.69, 9.17) is 0 Å². The average molecular weight is 477 g/mol. The number of hydrogen-bond acceptors (Lipinski definition) is 4. The zero-order chi connectivity index (χ0) is 24.5. The van der Waals surface area contributed by atoms with Crippen LogP contribution >= 0.6 is 0 Å². The summed E-state index contributed by atoms with van der Waals surface area (Å²) in [5.74, 6) is -0.0421. The fraction of sp³-hybridized carbons (Fsp3) is 0.464. The molecule has 35 heavy (non-hydrogen) atoms. The van der Waals surface area contributed by atoms with Gasteiger partial charge in [0.1, 0.15) is 0 Å². The van der Waals surface area contributed by atoms with Crippen molar-refractivity contribution in [2.24, 2.45) is 0 Å². The first-order valence-corrected chi connectivity index (χ1v) is 12.9. The van der Waals surface area contributed by atoms with Crippen molar-refractivity contribution >= 4 is 29.1 Å². The van der Waals surface area contributed by atoms with Crippen molar-refractivity contribution in [3.8, 4) is 0 Å². The Bertz CT molecular complexity index is 988. The number of nitrogens with zero attached hydrogens (tertiary/aromatic N) is 2. The van der Waals surface area contributed by atoms with E-state index < -0.39 is 0 Å². The van der Waals surface area contributed by atoms with Crippen LogP contribution in [0.4, 0.5) is 11.4 Å². The summed E-state index contributed by atoms with van der Waals surface area (Å²) < 4.78 is 0. The molecule has 2 heterocycles. The van der Waals surface area contributed by atoms with Gasteiger partial charge in [0, 0.05) is 48.7 Å². The van der Waals surface area contributed by atoms with E-state index in [1.54, 1.807) is 24.3 Å². The lowest BCUT2D eigenvalue weighted by molar-refractivity contribution is -0.114. The largest absolute Gasteiger partial charge is 0.376 e. The lowest BCUT2D eigenvalue weighted by Crippen LogP contribution is -2.31. The van der Waals surface area contributed by atoms with Crippen LogP contribution in [0.5, 0.6) is 0 Å². The van der Waals surface area contributed by atoms with Crippen molar-refractivity contribution in [2.45, 2.75) is 51.4 Å². The molecule has 0 radical (unpaired) electrons. The molecular formula is C28H36N4O3. The van der Waals surface area contributed by atoms with Crippen molar-refractivity contribution in [3.05, 3.63) is 59.7 Å². The van der Waals surface area contributed by atoms with E-state index in [9.17, 15) is 14.4 Å². The van der Waals surface area contributed by atoms with Gasteiger partial charge >= 0.3 is 0 Å². The van der Waals surface area contributed by atoms with Crippen molar-refractivity contribution in [3.63, 3.8) is 0 Å². The summed E-state index contributed by atoms with van der Waals surface area (Å²) in [6, 6.07) is 14.4. The smallest absolute Gasteiger partial charge is 0.253 e. The average Bonchev–Trinajstić information content (AvgIpc) is 3.33. The molecule has 2 aromatic rings. The lowest BCUT2D eigenvalue weighted by Gasteiger charge is -2.20. The van der Waals surface area contributed by atoms with E-state index in [-0.39, 0.29) is 24.3 Å². The molecule has 0 aromatic heterocycles. The van der Waals surface area contributed by atoms with Gasteiger partial charge in [-0.1, -0.05) is 25.7 Å². The first-order chi connectivity index (χ1) is 17.1. The van der Waals surface area contributed by atoms with Crippen molar-refractivity contribution in [2.75, 3.05) is 43.4 Å². The second-order valence-corrected chi connectivity index (χ2v) is 9.47. The first-order valence-electron chi connectivity index (χ1n) is 12.9. The number of nitrogens with one attached hydrogen (secondary N) is 2. The minimum absolute atomic E-state index is 0.0595. The molecule has 2 aliphatic heterocycles. The Balaban J connectivity index is 1.24. The van der Waals surface area contributed by atoms with Gasteiger partial charge in [0.25, 0.3) is 11.8 Å². The zero-order valence-electron chi connectivity index (χ0n) is 20.4. The quantitative estimate of drug-likeness (QED) is 0.629. The highest BCUT2D eigenvalue weighted by Crippen LogP contribution is 2.17. The Hall–Kier alpha value is -3.35. The molecule has 2 aliphatic rings. The van der Waals surface area contributed by atoms with E-state index in [0.29, 0.717) is 16.8 Å². The molecule has 7 heteroatoms. The van der Waals surface area contributed by atoms with Crippen LogP contribution in [0.15, 0.2) is 48.5 Å². The topological polar surface area (TPSA) is 81.8 Å². The Morgan fingerprint density at radius 3 is 1.40 bits per heavy atom. The minimum atomic E-state index is -0.179. The number of amides is 3. The Labute approximate surface area is 207 Å². The molecule has 0 aliphatic carbocycles. The summed E-state index contributed by atoms with van der Waals surface area (Å²) in [5, 5.41) is 5.96. The van der Waals surface area contributed by atoms with E-state index in [0.717, 1.165) is 57.5 Å². The van der Waals surface area contributed by atoms with Crippen LogP contribution in [0, 0.1) is 0 Å². The van der Waals surface area contributed by atoms with Crippen LogP contribution < -0.4 is 10.6 Å². The fourth-order valence-electron chi connectivity index (χ4n) is 4.73. The third-order valence-corrected chi connectivity index (χ3v) is 6.79. The summed E-state index contributed by atoms with van der Waals surface area (Å²) in [6.07, 6.45) is 9.00. The molecule has 4 rings (SSSR count). The summed E-state index contributed by atoms with van der Waals surface area (Å²) >= 11 is 0. The molecule has 7 nitrogen and oxygen atoms in total. The van der Waals surface area contributed by atoms with Crippen LogP contribution in [0.1, 0.15) is 72.1 Å². The van der Waals surface area contributed by atoms with E-state index in [1.807, 2.05) is 34.1 Å². The number of carbonyl (C=O) groups is 3. The predicted molar refractivity (Wildman–Crippen MR) is 139 cm³/mol. The SMILES string of the molecule is O=C(CNc1ccc(C(=O)N2CCCCCC2)cc1)Nc1ccc(C(=O)N2CCCCCC2)cc1. The van der Waals surface area contributed by atoms with Gasteiger partial charge in [-0.05, 0) is 74.2 Å². The lowest BCUT2D eigenvalue weighted by atomic mass is 10.1. The summed E-state index contributed by atoms with van der Waals surface area (Å²) in [5.41, 5.74) is 2.77. The standard InChI is InChI=1S/C28H36N4O3/c33-26(30-25-15-11-23(12-16-25)28(35)32-19-7-3-4-8-20-32)21-29-24-13-9-22(10-14-24)27(34)31-17-5-1-2-6-18-31/h9-16,29H,1-8,17-21H2,(H,30,33). The maximum Gasteiger partial charge on any atom is 0.253 e. The zero-order valence-corrected chi connectivity index (χ0v) is 20.4. The molecule has 0 unspecified atom stereocenters. The maximum absolute atomic E-state index is 12.7. The molecule has 0 atom stereocenters. The van der Waals surface area contributed by atoms with Crippen molar-refractivity contribution in [1.29, 1.82) is 0 Å². The van der Waals surface area contributed by atoms with Gasteiger partial charge in [-0.25, -0.2) is 0 Å². The molecule has 0 saturated carbocycles. The second-order valence-electron chi connectivity index (χ2n) is 9.47. The Morgan fingerprint density at radius 1 is 0.571 bits per heavy atom. The molecule has 3 amide bonds. The van der Waals surface area contributed by atoms with Gasteiger partial charge in [-0.3, -0.25) is 14.4 Å². The predicted octanol–water partition coefficient (Wildman–Crippen LogP) is 4.77. The molecular weight excluding hydrogens is 440 g/mol. The number of rotatable bonds is 6. The molecule has 0 bridgehead atoms. The molecule has 2 N–H and O–H groups in total. The van der Waals surface area contributed by atoms with Gasteiger partial charge in [0.05, 0.1) is 6.54 Å². The number of benzene rings is 2. The normalized spacial score (nSPS) is 16.7. The van der Waals surface area contributed by atoms with E-state index in [1.165, 1.54) is 25.7 Å². The van der Waals surface area contributed by atoms with E-state index >= 15 is 0 Å². The number of likely N-dealkylation sites (tertiary alicyclic amines) is 2. The summed E-state index contributed by atoms with van der Waals surface area (Å²) in [4.78, 5) is 41.7. The monoisotopic (exact) mass is 476 g/mol. The number of anilines is 2. The van der Waals surface area contributed by atoms with Crippen molar-refractivity contribution in [1.82, 2.24) is 9.80 Å². The Kier molecular flexibility index (Phi) is 8.76. The maximum atomic E-state index is 12.7. The molecule has 2 fully saturated rings. The second kappa shape index (κ2) is 12.4. The van der Waals surface area contributed by atoms with Crippen molar-refractivity contribution < 1.29 is 14.4 Å². The first kappa shape index (κ1) is 24.8. The van der Waals surface area contributed by atoms with Gasteiger partial charge < -0.3 is 20.4 Å². The minimum Gasteiger partial charge on any atom is -0.376 e. The van der Waals surface area contributed by atoms with Crippen LogP contribution in [0.3, 0.4) is 0 Å². The Morgan fingerprint density at radius 2 is 0.971 bits per heavy atom. The van der Waals surface area contributed by atoms with Gasteiger partial charge in [-0.2, -0.15) is 0 Å². The number of carbonyl (C=O) groups excluding carboxylic acids is 3. The number of hydrogen-bond donors (Lipinski definition) is 2. The highest BCUT2D eigenvalue weighted by Gasteiger charge is 2.18. The highest BCUT2D eigenvalue weighted by molar-refractivity contribution is 5.97. The molecule has 0 spiro atoms. The van der Waals surface area contributed by atoms with Crippen LogP contribution in [-0.4, -0.2) is 60.2 Å². The third kappa shape index (κ3) is 7.07.